The summed E-state index contributed by atoms with van der Waals surface area (Å²) in [4.78, 5) is 76.8. The summed E-state index contributed by atoms with van der Waals surface area (Å²) >= 11 is 0. The van der Waals surface area contributed by atoms with E-state index >= 15 is 0 Å². The number of carboxylic acid groups (broad SMARTS) is 3. The molecule has 3 amide bonds. The van der Waals surface area contributed by atoms with Crippen LogP contribution in [0, 0.1) is 0 Å². The van der Waals surface area contributed by atoms with Gasteiger partial charge in [-0.1, -0.05) is 91.0 Å². The van der Waals surface area contributed by atoms with Gasteiger partial charge in [0.1, 0.15) is 37.9 Å². The average molecular weight is 931 g/mol. The van der Waals surface area contributed by atoms with Crippen LogP contribution >= 0.6 is 0 Å². The number of unbranched alkanes of at least 4 members (excludes halogenated alkanes) is 3. The third kappa shape index (κ3) is 20.3. The molecule has 67 heavy (non-hydrogen) atoms. The van der Waals surface area contributed by atoms with Gasteiger partial charge in [0.05, 0.1) is 12.3 Å². The number of rotatable bonds is 30. The second-order valence-corrected chi connectivity index (χ2v) is 15.7. The Kier molecular flexibility index (Phi) is 23.1. The highest BCUT2D eigenvalue weighted by Gasteiger charge is 2.25. The first-order chi connectivity index (χ1) is 32.4. The molecule has 0 radical (unpaired) electrons. The predicted molar refractivity (Wildman–Crippen MR) is 245 cm³/mol. The van der Waals surface area contributed by atoms with Gasteiger partial charge in [0.15, 0.2) is 0 Å². The third-order valence-electron chi connectivity index (χ3n) is 10.6. The van der Waals surface area contributed by atoms with Crippen molar-refractivity contribution in [2.75, 3.05) is 32.8 Å². The number of nitrogens with one attached hydrogen (secondary N) is 4. The number of carbonyl (C=O) groups excluding carboxylic acids is 3. The van der Waals surface area contributed by atoms with Crippen molar-refractivity contribution in [1.82, 2.24) is 31.1 Å². The maximum atomic E-state index is 12.4. The van der Waals surface area contributed by atoms with E-state index in [1.807, 2.05) is 34.2 Å². The fourth-order valence-electron chi connectivity index (χ4n) is 7.00. The van der Waals surface area contributed by atoms with Crippen LogP contribution in [0.4, 0.5) is 14.4 Å². The molecule has 3 atom stereocenters. The number of carboxylic acids is 3. The molecule has 0 fully saturated rings. The average Bonchev–Trinajstić information content (AvgIpc) is 3.33. The Balaban J connectivity index is 1.30. The summed E-state index contributed by atoms with van der Waals surface area (Å²) in [5.41, 5.74) is 3.63. The van der Waals surface area contributed by atoms with Gasteiger partial charge < -0.3 is 65.7 Å². The van der Waals surface area contributed by atoms with Gasteiger partial charge in [0.25, 0.3) is 0 Å². The molecular formula is C48H62N6O13. The van der Waals surface area contributed by atoms with Crippen LogP contribution in [0.15, 0.2) is 115 Å². The fraction of sp³-hybridized carbons (Fsp3) is 0.417. The lowest BCUT2D eigenvalue weighted by Gasteiger charge is -2.36. The van der Waals surface area contributed by atoms with Gasteiger partial charge in [-0.25, -0.2) is 28.8 Å². The minimum Gasteiger partial charge on any atom is -0.480 e. The Bertz CT molecular complexity index is 2070. The van der Waals surface area contributed by atoms with E-state index in [9.17, 15) is 49.2 Å². The Hall–Kier alpha value is -7.12. The molecule has 19 heteroatoms. The van der Waals surface area contributed by atoms with Crippen molar-refractivity contribution < 1.29 is 63.4 Å². The molecule has 0 spiro atoms. The molecule has 0 unspecified atom stereocenters. The zero-order chi connectivity index (χ0) is 48.2. The number of amides is 3. The zero-order valence-corrected chi connectivity index (χ0v) is 37.4. The summed E-state index contributed by atoms with van der Waals surface area (Å²) in [6.07, 6.45) is 4.53. The molecule has 4 rings (SSSR count). The van der Waals surface area contributed by atoms with Gasteiger partial charge in [-0.15, -0.1) is 0 Å². The number of hydrogen-bond donors (Lipinski definition) is 8. The van der Waals surface area contributed by atoms with E-state index in [0.717, 1.165) is 22.4 Å². The predicted octanol–water partition coefficient (Wildman–Crippen LogP) is 5.52. The van der Waals surface area contributed by atoms with Crippen molar-refractivity contribution in [3.05, 3.63) is 131 Å². The van der Waals surface area contributed by atoms with Crippen molar-refractivity contribution in [2.24, 2.45) is 0 Å². The van der Waals surface area contributed by atoms with Gasteiger partial charge in [-0.3, -0.25) is 0 Å². The highest BCUT2D eigenvalue weighted by Crippen LogP contribution is 2.22. The highest BCUT2D eigenvalue weighted by molar-refractivity contribution is 5.81. The summed E-state index contributed by atoms with van der Waals surface area (Å²) in [5, 5.41) is 50.5. The van der Waals surface area contributed by atoms with E-state index < -0.39 is 54.3 Å². The summed E-state index contributed by atoms with van der Waals surface area (Å²) < 4.78 is 15.6. The quantitative estimate of drug-likeness (QED) is 0.0302. The molecule has 1 heterocycles. The zero-order valence-electron chi connectivity index (χ0n) is 37.4. The standard InChI is InChI=1S/C48H62N6O13/c55-31-39-30-53(26-14-11-23-41(44(58)59)51-47(63)66-33-36-18-6-2-7-19-36)29-38(28-49-25-13-10-22-40(43(56)57)50-46(62)65-32-35-16-4-1-5-17-35)54(39)27-15-12-24-42(45(60)61)52-48(64)67-34-37-20-8-3-9-21-37/h1-9,16-21,29-30,40-42,49,55H,10-15,22-28,31-34H2,(H,50,62)(H,51,63)(H,52,64)(H,56,57)(H,58,59)(H,60,61)/t40-,41-,42-/m0/s1. The van der Waals surface area contributed by atoms with Crippen LogP contribution in [-0.2, 0) is 48.4 Å². The van der Waals surface area contributed by atoms with Crippen molar-refractivity contribution >= 4 is 36.2 Å². The maximum Gasteiger partial charge on any atom is 0.408 e. The summed E-state index contributed by atoms with van der Waals surface area (Å²) in [6.45, 7) is 1.34. The molecule has 0 bridgehead atoms. The van der Waals surface area contributed by atoms with E-state index in [-0.39, 0.29) is 45.7 Å². The van der Waals surface area contributed by atoms with Crippen LogP contribution in [0.3, 0.4) is 0 Å². The largest absolute Gasteiger partial charge is 0.480 e. The Morgan fingerprint density at radius 1 is 0.493 bits per heavy atom. The SMILES string of the molecule is O=C(N[C@@H](CCCCNCC1=CN(CCCC[C@H](NC(=O)OCc2ccccc2)C(=O)O)C=C(CO)N1CCCC[C@H](NC(=O)OCc1ccccc1)C(=O)O)C(=O)O)OCc1ccccc1. The molecule has 0 aromatic heterocycles. The lowest BCUT2D eigenvalue weighted by Crippen LogP contribution is -2.41. The smallest absolute Gasteiger partial charge is 0.408 e. The van der Waals surface area contributed by atoms with Gasteiger partial charge in [-0.05, 0) is 81.0 Å². The Morgan fingerprint density at radius 3 is 1.25 bits per heavy atom. The molecule has 1 aliphatic heterocycles. The molecule has 19 nitrogen and oxygen atoms in total. The van der Waals surface area contributed by atoms with Crippen molar-refractivity contribution in [2.45, 2.75) is 95.7 Å². The highest BCUT2D eigenvalue weighted by atomic mass is 16.6. The number of aliphatic hydroxyl groups is 1. The van der Waals surface area contributed by atoms with E-state index in [4.69, 9.17) is 14.2 Å². The molecule has 0 saturated heterocycles. The first-order valence-electron chi connectivity index (χ1n) is 22.3. The molecule has 0 aliphatic carbocycles. The fourth-order valence-corrected chi connectivity index (χ4v) is 7.00. The molecule has 362 valence electrons. The first-order valence-corrected chi connectivity index (χ1v) is 22.3. The van der Waals surface area contributed by atoms with Crippen LogP contribution in [0.1, 0.15) is 74.5 Å². The summed E-state index contributed by atoms with van der Waals surface area (Å²) in [7, 11) is 0. The number of aliphatic hydroxyl groups excluding tert-OH is 1. The van der Waals surface area contributed by atoms with E-state index in [1.54, 1.807) is 79.0 Å². The van der Waals surface area contributed by atoms with Crippen molar-refractivity contribution in [3.63, 3.8) is 0 Å². The molecule has 8 N–H and O–H groups in total. The number of benzene rings is 3. The van der Waals surface area contributed by atoms with Gasteiger partial charge in [-0.2, -0.15) is 0 Å². The minimum absolute atomic E-state index is 0.00304. The van der Waals surface area contributed by atoms with Crippen LogP contribution < -0.4 is 21.3 Å². The van der Waals surface area contributed by atoms with Crippen molar-refractivity contribution in [1.29, 1.82) is 0 Å². The minimum atomic E-state index is -1.20. The van der Waals surface area contributed by atoms with Crippen LogP contribution in [0.5, 0.6) is 0 Å². The number of ether oxygens (including phenoxy) is 3. The number of nitrogens with zero attached hydrogens (tertiary/aromatic N) is 2. The van der Waals surface area contributed by atoms with Gasteiger partial charge >= 0.3 is 36.2 Å². The maximum absolute atomic E-state index is 12.4. The number of aliphatic carboxylic acids is 3. The topological polar surface area (TPSA) is 266 Å². The van der Waals surface area contributed by atoms with E-state index in [0.29, 0.717) is 70.4 Å². The van der Waals surface area contributed by atoms with Crippen LogP contribution in [0.2, 0.25) is 0 Å². The lowest BCUT2D eigenvalue weighted by atomic mass is 10.1. The number of carbonyl (C=O) groups is 6. The van der Waals surface area contributed by atoms with Gasteiger partial charge in [0.2, 0.25) is 0 Å². The summed E-state index contributed by atoms with van der Waals surface area (Å²) in [5.74, 6) is -3.57. The first kappa shape index (κ1) is 52.5. The third-order valence-corrected chi connectivity index (χ3v) is 10.6. The normalized spacial score (nSPS) is 13.5. The number of alkyl carbamates (subject to hydrolysis) is 3. The summed E-state index contributed by atoms with van der Waals surface area (Å²) in [6, 6.07) is 23.5. The second kappa shape index (κ2) is 29.4. The molecule has 3 aromatic carbocycles. The van der Waals surface area contributed by atoms with Crippen molar-refractivity contribution in [3.8, 4) is 0 Å². The Morgan fingerprint density at radius 2 is 0.866 bits per heavy atom. The van der Waals surface area contributed by atoms with Crippen LogP contribution in [-0.4, -0.2) is 117 Å². The molecular weight excluding hydrogens is 869 g/mol. The molecule has 3 aromatic rings. The monoisotopic (exact) mass is 930 g/mol. The molecule has 1 aliphatic rings. The second-order valence-electron chi connectivity index (χ2n) is 15.7. The van der Waals surface area contributed by atoms with E-state index in [2.05, 4.69) is 21.3 Å². The number of hydrogen-bond acceptors (Lipinski definition) is 13. The lowest BCUT2D eigenvalue weighted by molar-refractivity contribution is -0.140. The molecule has 0 saturated carbocycles. The van der Waals surface area contributed by atoms with Crippen LogP contribution in [0.25, 0.3) is 0 Å². The van der Waals surface area contributed by atoms with Gasteiger partial charge in [0, 0.05) is 37.7 Å². The van der Waals surface area contributed by atoms with E-state index in [1.165, 1.54) is 0 Å². The Labute approximate surface area is 389 Å².